The van der Waals surface area contributed by atoms with Crippen molar-refractivity contribution in [1.82, 2.24) is 0 Å². The SMILES string of the molecule is COC(OC)[C@@H]1OC[C@H](N)[C@H]1OC(C)=O. The second kappa shape index (κ2) is 5.41. The molecule has 0 aromatic heterocycles. The van der Waals surface area contributed by atoms with Gasteiger partial charge in [0.25, 0.3) is 0 Å². The number of esters is 1. The minimum absolute atomic E-state index is 0.325. The van der Waals surface area contributed by atoms with Gasteiger partial charge in [-0.3, -0.25) is 4.79 Å². The van der Waals surface area contributed by atoms with Crippen molar-refractivity contribution in [3.63, 3.8) is 0 Å². The number of rotatable bonds is 4. The number of carbonyl (C=O) groups excluding carboxylic acids is 1. The van der Waals surface area contributed by atoms with Crippen LogP contribution in [0.3, 0.4) is 0 Å². The Kier molecular flexibility index (Phi) is 4.46. The van der Waals surface area contributed by atoms with E-state index < -0.39 is 24.5 Å². The van der Waals surface area contributed by atoms with Gasteiger partial charge in [0, 0.05) is 21.1 Å². The first kappa shape index (κ1) is 12.4. The molecule has 1 aliphatic heterocycles. The van der Waals surface area contributed by atoms with Crippen molar-refractivity contribution in [2.24, 2.45) is 5.73 Å². The Labute approximate surface area is 88.6 Å². The van der Waals surface area contributed by atoms with E-state index in [1.807, 2.05) is 0 Å². The predicted molar refractivity (Wildman–Crippen MR) is 51.1 cm³/mol. The number of nitrogens with two attached hydrogens (primary N) is 1. The molecule has 1 aliphatic rings. The maximum absolute atomic E-state index is 10.9. The van der Waals surface area contributed by atoms with Crippen LogP contribution in [0.25, 0.3) is 0 Å². The van der Waals surface area contributed by atoms with E-state index in [9.17, 15) is 4.79 Å². The molecule has 1 heterocycles. The minimum atomic E-state index is -0.581. The van der Waals surface area contributed by atoms with Gasteiger partial charge in [-0.05, 0) is 0 Å². The van der Waals surface area contributed by atoms with E-state index in [-0.39, 0.29) is 6.04 Å². The molecule has 1 rings (SSSR count). The average Bonchev–Trinajstić information content (AvgIpc) is 2.51. The van der Waals surface area contributed by atoms with Gasteiger partial charge in [-0.25, -0.2) is 0 Å². The summed E-state index contributed by atoms with van der Waals surface area (Å²) in [4.78, 5) is 10.9. The minimum Gasteiger partial charge on any atom is -0.458 e. The van der Waals surface area contributed by atoms with E-state index in [2.05, 4.69) is 0 Å². The summed E-state index contributed by atoms with van der Waals surface area (Å²) >= 11 is 0. The van der Waals surface area contributed by atoms with Crippen molar-refractivity contribution in [2.45, 2.75) is 31.5 Å². The zero-order chi connectivity index (χ0) is 11.4. The van der Waals surface area contributed by atoms with Gasteiger partial charge in [0.1, 0.15) is 6.10 Å². The summed E-state index contributed by atoms with van der Waals surface area (Å²) in [7, 11) is 2.98. The monoisotopic (exact) mass is 219 g/mol. The fraction of sp³-hybridized carbons (Fsp3) is 0.889. The van der Waals surface area contributed by atoms with Gasteiger partial charge in [-0.15, -0.1) is 0 Å². The predicted octanol–water partition coefficient (Wildman–Crippen LogP) is -0.737. The average molecular weight is 219 g/mol. The lowest BCUT2D eigenvalue weighted by Crippen LogP contribution is -2.46. The number of carbonyl (C=O) groups is 1. The Balaban J connectivity index is 2.65. The summed E-state index contributed by atoms with van der Waals surface area (Å²) in [6.07, 6.45) is -1.57. The molecule has 3 atom stereocenters. The number of hydrogen-bond acceptors (Lipinski definition) is 6. The van der Waals surface area contributed by atoms with Crippen molar-refractivity contribution in [3.8, 4) is 0 Å². The van der Waals surface area contributed by atoms with Crippen LogP contribution in [-0.4, -0.2) is 51.3 Å². The molecule has 6 nitrogen and oxygen atoms in total. The third kappa shape index (κ3) is 2.88. The maximum atomic E-state index is 10.9. The molecule has 1 fully saturated rings. The highest BCUT2D eigenvalue weighted by Gasteiger charge is 2.43. The topological polar surface area (TPSA) is 80.0 Å². The van der Waals surface area contributed by atoms with Crippen LogP contribution in [0.15, 0.2) is 0 Å². The first-order valence-electron chi connectivity index (χ1n) is 4.70. The summed E-state index contributed by atoms with van der Waals surface area (Å²) in [5.41, 5.74) is 5.75. The summed E-state index contributed by atoms with van der Waals surface area (Å²) < 4.78 is 20.5. The molecule has 2 N–H and O–H groups in total. The van der Waals surface area contributed by atoms with E-state index >= 15 is 0 Å². The lowest BCUT2D eigenvalue weighted by atomic mass is 10.1. The molecular weight excluding hydrogens is 202 g/mol. The number of ether oxygens (including phenoxy) is 4. The van der Waals surface area contributed by atoms with Gasteiger partial charge in [-0.1, -0.05) is 0 Å². The highest BCUT2D eigenvalue weighted by Crippen LogP contribution is 2.21. The van der Waals surface area contributed by atoms with E-state index in [1.165, 1.54) is 21.1 Å². The van der Waals surface area contributed by atoms with E-state index in [0.717, 1.165) is 0 Å². The summed E-state index contributed by atoms with van der Waals surface area (Å²) in [5, 5.41) is 0. The second-order valence-electron chi connectivity index (χ2n) is 3.38. The van der Waals surface area contributed by atoms with Crippen LogP contribution in [0.2, 0.25) is 0 Å². The van der Waals surface area contributed by atoms with Crippen LogP contribution in [0.4, 0.5) is 0 Å². The van der Waals surface area contributed by atoms with Crippen molar-refractivity contribution in [2.75, 3.05) is 20.8 Å². The van der Waals surface area contributed by atoms with Crippen LogP contribution in [0.5, 0.6) is 0 Å². The van der Waals surface area contributed by atoms with Gasteiger partial charge in [-0.2, -0.15) is 0 Å². The Morgan fingerprint density at radius 2 is 2.07 bits per heavy atom. The molecule has 88 valence electrons. The standard InChI is InChI=1S/C9H17NO5/c1-5(11)15-7-6(10)4-14-8(7)9(12-2)13-3/h6-9H,4,10H2,1-3H3/t6-,7+,8+/m0/s1. The van der Waals surface area contributed by atoms with Crippen molar-refractivity contribution in [1.29, 1.82) is 0 Å². The van der Waals surface area contributed by atoms with Crippen LogP contribution in [-0.2, 0) is 23.7 Å². The Bertz CT molecular complexity index is 219. The third-order valence-electron chi connectivity index (χ3n) is 2.26. The van der Waals surface area contributed by atoms with Crippen LogP contribution in [0.1, 0.15) is 6.92 Å². The van der Waals surface area contributed by atoms with Crippen LogP contribution in [0, 0.1) is 0 Å². The second-order valence-corrected chi connectivity index (χ2v) is 3.38. The summed E-state index contributed by atoms with van der Waals surface area (Å²) in [6.45, 7) is 1.66. The van der Waals surface area contributed by atoms with Crippen LogP contribution < -0.4 is 5.73 Å². The van der Waals surface area contributed by atoms with E-state index in [1.54, 1.807) is 0 Å². The third-order valence-corrected chi connectivity index (χ3v) is 2.26. The zero-order valence-corrected chi connectivity index (χ0v) is 9.14. The highest BCUT2D eigenvalue weighted by atomic mass is 16.7. The normalized spacial score (nSPS) is 30.9. The molecule has 0 bridgehead atoms. The molecule has 1 saturated heterocycles. The Morgan fingerprint density at radius 1 is 1.47 bits per heavy atom. The highest BCUT2D eigenvalue weighted by molar-refractivity contribution is 5.66. The molecule has 0 unspecified atom stereocenters. The smallest absolute Gasteiger partial charge is 0.303 e. The lowest BCUT2D eigenvalue weighted by molar-refractivity contribution is -0.193. The van der Waals surface area contributed by atoms with Gasteiger partial charge < -0.3 is 24.7 Å². The van der Waals surface area contributed by atoms with Gasteiger partial charge in [0.2, 0.25) is 0 Å². The van der Waals surface area contributed by atoms with Gasteiger partial charge >= 0.3 is 5.97 Å². The molecule has 6 heteroatoms. The van der Waals surface area contributed by atoms with E-state index in [4.69, 9.17) is 24.7 Å². The molecule has 0 spiro atoms. The first-order valence-corrected chi connectivity index (χ1v) is 4.70. The molecule has 0 aromatic carbocycles. The van der Waals surface area contributed by atoms with Crippen molar-refractivity contribution in [3.05, 3.63) is 0 Å². The Hall–Kier alpha value is -0.690. The first-order chi connectivity index (χ1) is 7.10. The summed E-state index contributed by atoms with van der Waals surface area (Å²) in [5.74, 6) is -0.392. The quantitative estimate of drug-likeness (QED) is 0.495. The molecule has 0 amide bonds. The molecule has 0 aliphatic carbocycles. The van der Waals surface area contributed by atoms with Crippen molar-refractivity contribution < 1.29 is 23.7 Å². The summed E-state index contributed by atoms with van der Waals surface area (Å²) in [6, 6.07) is -0.341. The molecule has 0 aromatic rings. The molecule has 0 saturated carbocycles. The maximum Gasteiger partial charge on any atom is 0.303 e. The van der Waals surface area contributed by atoms with Gasteiger partial charge in [0.05, 0.1) is 12.6 Å². The largest absolute Gasteiger partial charge is 0.458 e. The number of hydrogen-bond donors (Lipinski definition) is 1. The Morgan fingerprint density at radius 3 is 2.53 bits per heavy atom. The fourth-order valence-electron chi connectivity index (χ4n) is 1.60. The molecule has 15 heavy (non-hydrogen) atoms. The fourth-order valence-corrected chi connectivity index (χ4v) is 1.60. The number of methoxy groups -OCH3 is 2. The zero-order valence-electron chi connectivity index (χ0n) is 9.14. The van der Waals surface area contributed by atoms with Crippen molar-refractivity contribution >= 4 is 5.97 Å². The molecular formula is C9H17NO5. The van der Waals surface area contributed by atoms with Gasteiger partial charge in [0.15, 0.2) is 12.4 Å². The lowest BCUT2D eigenvalue weighted by Gasteiger charge is -2.25. The van der Waals surface area contributed by atoms with E-state index in [0.29, 0.717) is 6.61 Å². The molecule has 0 radical (unpaired) electrons. The van der Waals surface area contributed by atoms with Crippen LogP contribution >= 0.6 is 0 Å².